The first-order chi connectivity index (χ1) is 14.3. The Balaban J connectivity index is 1.83. The predicted octanol–water partition coefficient (Wildman–Crippen LogP) is 4.47. The number of benzene rings is 2. The molecule has 2 aromatic rings. The zero-order valence-electron chi connectivity index (χ0n) is 17.8. The number of amides is 1. The third-order valence-corrected chi connectivity index (χ3v) is 5.06. The van der Waals surface area contributed by atoms with Crippen molar-refractivity contribution in [3.05, 3.63) is 60.2 Å². The highest BCUT2D eigenvalue weighted by Crippen LogP contribution is 2.27. The number of nitrogens with one attached hydrogen (secondary N) is 1. The number of esters is 1. The molecule has 2 aromatic carbocycles. The molecule has 0 heterocycles. The number of hydrogen-bond acceptors (Lipinski definition) is 6. The van der Waals surface area contributed by atoms with Crippen LogP contribution >= 0.6 is 11.8 Å². The highest BCUT2D eigenvalue weighted by atomic mass is 32.2. The van der Waals surface area contributed by atoms with Crippen molar-refractivity contribution >= 4 is 23.8 Å². The van der Waals surface area contributed by atoms with Crippen LogP contribution in [0.3, 0.4) is 0 Å². The molecule has 0 bridgehead atoms. The van der Waals surface area contributed by atoms with Gasteiger partial charge in [0, 0.05) is 4.90 Å². The number of hydrogen-bond donors (Lipinski definition) is 1. The minimum atomic E-state index is -0.526. The Kier molecular flexibility index (Phi) is 9.05. The molecule has 1 unspecified atom stereocenters. The molecule has 0 saturated carbocycles. The van der Waals surface area contributed by atoms with Gasteiger partial charge in [0.1, 0.15) is 23.2 Å². The molecule has 6 nitrogen and oxygen atoms in total. The fourth-order valence-electron chi connectivity index (χ4n) is 2.54. The second-order valence-electron chi connectivity index (χ2n) is 7.57. The molecule has 1 N–H and O–H groups in total. The van der Waals surface area contributed by atoms with E-state index < -0.39 is 11.7 Å². The molecule has 0 aliphatic rings. The van der Waals surface area contributed by atoms with E-state index in [1.54, 1.807) is 0 Å². The number of rotatable bonds is 9. The van der Waals surface area contributed by atoms with Crippen molar-refractivity contribution in [1.29, 1.82) is 0 Å². The number of carbonyl (C=O) groups excluding carboxylic acids is 2. The number of thioether (sulfide) groups is 1. The SMILES string of the molecule is COC(=O)C(Cc1ccc(OCCNC(=O)OC(C)(C)C)cc1)Sc1ccccc1. The van der Waals surface area contributed by atoms with Crippen LogP contribution in [0.5, 0.6) is 5.75 Å². The summed E-state index contributed by atoms with van der Waals surface area (Å²) in [5.41, 5.74) is 0.481. The lowest BCUT2D eigenvalue weighted by Gasteiger charge is -2.19. The molecular formula is C23H29NO5S. The van der Waals surface area contributed by atoms with Gasteiger partial charge in [0.15, 0.2) is 0 Å². The molecule has 7 heteroatoms. The lowest BCUT2D eigenvalue weighted by Crippen LogP contribution is -2.34. The highest BCUT2D eigenvalue weighted by molar-refractivity contribution is 8.00. The second kappa shape index (κ2) is 11.5. The van der Waals surface area contributed by atoms with Gasteiger partial charge in [-0.2, -0.15) is 0 Å². The summed E-state index contributed by atoms with van der Waals surface area (Å²) in [4.78, 5) is 24.8. The van der Waals surface area contributed by atoms with Gasteiger partial charge in [-0.3, -0.25) is 4.79 Å². The van der Waals surface area contributed by atoms with E-state index in [0.29, 0.717) is 25.3 Å². The van der Waals surface area contributed by atoms with Crippen LogP contribution in [-0.4, -0.2) is 43.2 Å². The summed E-state index contributed by atoms with van der Waals surface area (Å²) < 4.78 is 15.8. The summed E-state index contributed by atoms with van der Waals surface area (Å²) in [6.07, 6.45) is 0.0819. The molecule has 162 valence electrons. The number of methoxy groups -OCH3 is 1. The fraction of sp³-hybridized carbons (Fsp3) is 0.391. The van der Waals surface area contributed by atoms with Gasteiger partial charge in [-0.15, -0.1) is 11.8 Å². The van der Waals surface area contributed by atoms with E-state index in [2.05, 4.69) is 5.32 Å². The third kappa shape index (κ3) is 8.78. The van der Waals surface area contributed by atoms with Crippen LogP contribution in [0, 0.1) is 0 Å². The molecule has 0 radical (unpaired) electrons. The second-order valence-corrected chi connectivity index (χ2v) is 8.84. The van der Waals surface area contributed by atoms with Crippen LogP contribution < -0.4 is 10.1 Å². The molecule has 0 spiro atoms. The number of ether oxygens (including phenoxy) is 3. The molecule has 1 atom stereocenters. The van der Waals surface area contributed by atoms with Crippen molar-refractivity contribution in [2.45, 2.75) is 42.9 Å². The monoisotopic (exact) mass is 431 g/mol. The smallest absolute Gasteiger partial charge is 0.407 e. The zero-order chi connectivity index (χ0) is 22.0. The minimum absolute atomic E-state index is 0.252. The van der Waals surface area contributed by atoms with E-state index in [1.165, 1.54) is 18.9 Å². The van der Waals surface area contributed by atoms with Gasteiger partial charge in [0.05, 0.1) is 13.7 Å². The number of alkyl carbamates (subject to hydrolysis) is 1. The van der Waals surface area contributed by atoms with Crippen LogP contribution in [0.15, 0.2) is 59.5 Å². The predicted molar refractivity (Wildman–Crippen MR) is 118 cm³/mol. The van der Waals surface area contributed by atoms with Crippen LogP contribution in [0.1, 0.15) is 26.3 Å². The summed E-state index contributed by atoms with van der Waals surface area (Å²) in [6, 6.07) is 17.3. The molecular weight excluding hydrogens is 402 g/mol. The van der Waals surface area contributed by atoms with Crippen LogP contribution in [-0.2, 0) is 20.7 Å². The molecule has 30 heavy (non-hydrogen) atoms. The quantitative estimate of drug-likeness (QED) is 0.359. The van der Waals surface area contributed by atoms with Crippen molar-refractivity contribution in [3.8, 4) is 5.75 Å². The van der Waals surface area contributed by atoms with E-state index in [9.17, 15) is 9.59 Å². The van der Waals surface area contributed by atoms with Crippen molar-refractivity contribution in [2.75, 3.05) is 20.3 Å². The summed E-state index contributed by atoms with van der Waals surface area (Å²) in [7, 11) is 1.41. The first-order valence-electron chi connectivity index (χ1n) is 9.75. The molecule has 0 aliphatic carbocycles. The van der Waals surface area contributed by atoms with Crippen LogP contribution in [0.4, 0.5) is 4.79 Å². The Morgan fingerprint density at radius 1 is 1.03 bits per heavy atom. The van der Waals surface area contributed by atoms with Gasteiger partial charge in [0.25, 0.3) is 0 Å². The van der Waals surface area contributed by atoms with Gasteiger partial charge in [-0.1, -0.05) is 30.3 Å². The molecule has 0 fully saturated rings. The first kappa shape index (κ1) is 23.6. The fourth-order valence-corrected chi connectivity index (χ4v) is 3.65. The van der Waals surface area contributed by atoms with Crippen LogP contribution in [0.2, 0.25) is 0 Å². The molecule has 0 aliphatic heterocycles. The average Bonchev–Trinajstić information content (AvgIpc) is 2.71. The first-order valence-corrected chi connectivity index (χ1v) is 10.6. The Bertz CT molecular complexity index is 803. The Labute approximate surface area is 182 Å². The third-order valence-electron chi connectivity index (χ3n) is 3.87. The van der Waals surface area contributed by atoms with Crippen LogP contribution in [0.25, 0.3) is 0 Å². The lowest BCUT2D eigenvalue weighted by atomic mass is 10.1. The highest BCUT2D eigenvalue weighted by Gasteiger charge is 2.21. The Morgan fingerprint density at radius 2 is 1.70 bits per heavy atom. The summed E-state index contributed by atoms with van der Waals surface area (Å²) in [6.45, 7) is 6.11. The van der Waals surface area contributed by atoms with Crippen molar-refractivity contribution in [1.82, 2.24) is 5.32 Å². The van der Waals surface area contributed by atoms with Gasteiger partial charge in [-0.05, 0) is 57.0 Å². The van der Waals surface area contributed by atoms with Crippen molar-refractivity contribution < 1.29 is 23.8 Å². The van der Waals surface area contributed by atoms with Crippen molar-refractivity contribution in [2.24, 2.45) is 0 Å². The van der Waals surface area contributed by atoms with Gasteiger partial charge in [-0.25, -0.2) is 4.79 Å². The minimum Gasteiger partial charge on any atom is -0.492 e. The summed E-state index contributed by atoms with van der Waals surface area (Å²) in [5, 5.41) is 2.32. The van der Waals surface area contributed by atoms with Gasteiger partial charge < -0.3 is 19.5 Å². The molecule has 1 amide bonds. The zero-order valence-corrected chi connectivity index (χ0v) is 18.7. The topological polar surface area (TPSA) is 73.9 Å². The normalized spacial score (nSPS) is 12.0. The van der Waals surface area contributed by atoms with E-state index in [-0.39, 0.29) is 11.2 Å². The Morgan fingerprint density at radius 3 is 2.30 bits per heavy atom. The molecule has 0 saturated heterocycles. The molecule has 2 rings (SSSR count). The van der Waals surface area contributed by atoms with E-state index >= 15 is 0 Å². The molecule has 0 aromatic heterocycles. The summed E-state index contributed by atoms with van der Waals surface area (Å²) in [5.74, 6) is 0.437. The summed E-state index contributed by atoms with van der Waals surface area (Å²) >= 11 is 1.49. The van der Waals surface area contributed by atoms with Crippen molar-refractivity contribution in [3.63, 3.8) is 0 Å². The maximum absolute atomic E-state index is 12.2. The van der Waals surface area contributed by atoms with Gasteiger partial charge >= 0.3 is 12.1 Å². The van der Waals surface area contributed by atoms with E-state index in [0.717, 1.165) is 10.5 Å². The maximum Gasteiger partial charge on any atom is 0.407 e. The van der Waals surface area contributed by atoms with E-state index in [4.69, 9.17) is 14.2 Å². The standard InChI is InChI=1S/C23H29NO5S/c1-23(2,3)29-22(26)24-14-15-28-18-12-10-17(11-13-18)16-20(21(25)27-4)30-19-8-6-5-7-9-19/h5-13,20H,14-16H2,1-4H3,(H,24,26). The maximum atomic E-state index is 12.2. The van der Waals surface area contributed by atoms with E-state index in [1.807, 2.05) is 75.4 Å². The Hall–Kier alpha value is -2.67. The largest absolute Gasteiger partial charge is 0.492 e. The van der Waals surface area contributed by atoms with Gasteiger partial charge in [0.2, 0.25) is 0 Å². The number of carbonyl (C=O) groups is 2. The lowest BCUT2D eigenvalue weighted by molar-refractivity contribution is -0.139. The average molecular weight is 432 g/mol.